The Morgan fingerprint density at radius 1 is 1.59 bits per heavy atom. The van der Waals surface area contributed by atoms with Crippen LogP contribution in [0.25, 0.3) is 0 Å². The first-order chi connectivity index (χ1) is 7.95. The number of methoxy groups -OCH3 is 1. The minimum atomic E-state index is -1.25. The third kappa shape index (κ3) is 3.25. The summed E-state index contributed by atoms with van der Waals surface area (Å²) in [5.74, 6) is -0.721. The number of nitro benzene ring substituents is 1. The molecule has 0 saturated carbocycles. The highest BCUT2D eigenvalue weighted by atomic mass is 16.6. The predicted molar refractivity (Wildman–Crippen MR) is 59.6 cm³/mol. The van der Waals surface area contributed by atoms with Crippen LogP contribution < -0.4 is 0 Å². The molecule has 1 aromatic carbocycles. The maximum Gasteiger partial charge on any atom is 0.335 e. The standard InChI is InChI=1S/C11H13NO5/c1-7-5-8(3-4-9(7)12(15)16)6-10(13)11(14)17-2/h3-5,10,13H,6H2,1-2H3. The molecule has 0 radical (unpaired) electrons. The van der Waals surface area contributed by atoms with Gasteiger partial charge in [-0.2, -0.15) is 0 Å². The molecule has 0 fully saturated rings. The van der Waals surface area contributed by atoms with Gasteiger partial charge in [-0.25, -0.2) is 4.79 Å². The van der Waals surface area contributed by atoms with Crippen molar-refractivity contribution in [3.8, 4) is 0 Å². The number of hydrogen-bond donors (Lipinski definition) is 1. The highest BCUT2D eigenvalue weighted by molar-refractivity contribution is 5.74. The summed E-state index contributed by atoms with van der Waals surface area (Å²) >= 11 is 0. The van der Waals surface area contributed by atoms with Gasteiger partial charge in [0.2, 0.25) is 0 Å². The Kier molecular flexibility index (Phi) is 4.17. The molecule has 1 N–H and O–H groups in total. The van der Waals surface area contributed by atoms with Crippen LogP contribution >= 0.6 is 0 Å². The van der Waals surface area contributed by atoms with Crippen LogP contribution in [-0.2, 0) is 16.0 Å². The summed E-state index contributed by atoms with van der Waals surface area (Å²) < 4.78 is 4.38. The van der Waals surface area contributed by atoms with E-state index in [0.29, 0.717) is 11.1 Å². The number of nitrogens with zero attached hydrogens (tertiary/aromatic N) is 1. The molecule has 0 aliphatic heterocycles. The summed E-state index contributed by atoms with van der Waals surface area (Å²) in [6.07, 6.45) is -1.17. The van der Waals surface area contributed by atoms with Crippen LogP contribution in [0.4, 0.5) is 5.69 Å². The molecule has 1 rings (SSSR count). The molecule has 6 nitrogen and oxygen atoms in total. The van der Waals surface area contributed by atoms with Gasteiger partial charge in [0.05, 0.1) is 12.0 Å². The molecule has 0 saturated heterocycles. The van der Waals surface area contributed by atoms with Crippen LogP contribution in [-0.4, -0.2) is 29.2 Å². The summed E-state index contributed by atoms with van der Waals surface area (Å²) in [6.45, 7) is 1.60. The van der Waals surface area contributed by atoms with Crippen molar-refractivity contribution in [2.45, 2.75) is 19.4 Å². The summed E-state index contributed by atoms with van der Waals surface area (Å²) in [5, 5.41) is 20.0. The van der Waals surface area contributed by atoms with Crippen LogP contribution in [0, 0.1) is 17.0 Å². The number of esters is 1. The first-order valence-corrected chi connectivity index (χ1v) is 4.95. The zero-order chi connectivity index (χ0) is 13.0. The molecule has 92 valence electrons. The van der Waals surface area contributed by atoms with Gasteiger partial charge in [0, 0.05) is 18.1 Å². The third-order valence-electron chi connectivity index (χ3n) is 2.36. The van der Waals surface area contributed by atoms with Gasteiger partial charge >= 0.3 is 5.97 Å². The average Bonchev–Trinajstić information content (AvgIpc) is 2.27. The molecule has 0 bridgehead atoms. The second-order valence-electron chi connectivity index (χ2n) is 3.62. The van der Waals surface area contributed by atoms with E-state index in [-0.39, 0.29) is 12.1 Å². The second kappa shape index (κ2) is 5.40. The SMILES string of the molecule is COC(=O)C(O)Cc1ccc([N+](=O)[O-])c(C)c1. The number of ether oxygens (including phenoxy) is 1. The fourth-order valence-corrected chi connectivity index (χ4v) is 1.49. The first-order valence-electron chi connectivity index (χ1n) is 4.95. The van der Waals surface area contributed by atoms with Crippen molar-refractivity contribution >= 4 is 11.7 Å². The van der Waals surface area contributed by atoms with Crippen molar-refractivity contribution in [2.75, 3.05) is 7.11 Å². The summed E-state index contributed by atoms with van der Waals surface area (Å²) in [4.78, 5) is 21.1. The minimum Gasteiger partial charge on any atom is -0.467 e. The number of hydrogen-bond acceptors (Lipinski definition) is 5. The summed E-state index contributed by atoms with van der Waals surface area (Å²) in [5.41, 5.74) is 1.15. The van der Waals surface area contributed by atoms with Crippen molar-refractivity contribution < 1.29 is 19.6 Å². The van der Waals surface area contributed by atoms with Crippen molar-refractivity contribution in [1.29, 1.82) is 0 Å². The van der Waals surface area contributed by atoms with Gasteiger partial charge in [0.1, 0.15) is 0 Å². The van der Waals surface area contributed by atoms with Gasteiger partial charge in [0.25, 0.3) is 5.69 Å². The van der Waals surface area contributed by atoms with Crippen molar-refractivity contribution in [1.82, 2.24) is 0 Å². The largest absolute Gasteiger partial charge is 0.467 e. The predicted octanol–water partition coefficient (Wildman–Crippen LogP) is 0.980. The van der Waals surface area contributed by atoms with E-state index < -0.39 is 17.0 Å². The smallest absolute Gasteiger partial charge is 0.335 e. The van der Waals surface area contributed by atoms with Crippen molar-refractivity contribution in [2.24, 2.45) is 0 Å². The lowest BCUT2D eigenvalue weighted by Gasteiger charge is -2.08. The van der Waals surface area contributed by atoms with Crippen LogP contribution in [0.2, 0.25) is 0 Å². The molecule has 6 heteroatoms. The second-order valence-corrected chi connectivity index (χ2v) is 3.62. The lowest BCUT2D eigenvalue weighted by atomic mass is 10.0. The molecule has 0 aromatic heterocycles. The van der Waals surface area contributed by atoms with Crippen LogP contribution in [0.3, 0.4) is 0 Å². The summed E-state index contributed by atoms with van der Waals surface area (Å²) in [6, 6.07) is 4.44. The summed E-state index contributed by atoms with van der Waals surface area (Å²) in [7, 11) is 1.19. The molecule has 1 atom stereocenters. The molecule has 0 spiro atoms. The van der Waals surface area contributed by atoms with Crippen LogP contribution in [0.15, 0.2) is 18.2 Å². The van der Waals surface area contributed by atoms with E-state index in [1.807, 2.05) is 0 Å². The zero-order valence-electron chi connectivity index (χ0n) is 9.54. The highest BCUT2D eigenvalue weighted by Crippen LogP contribution is 2.19. The molecular formula is C11H13NO5. The Bertz CT molecular complexity index is 443. The van der Waals surface area contributed by atoms with Gasteiger partial charge in [0.15, 0.2) is 6.10 Å². The first kappa shape index (κ1) is 13.1. The third-order valence-corrected chi connectivity index (χ3v) is 2.36. The molecule has 0 aliphatic rings. The minimum absolute atomic E-state index is 0.0151. The Morgan fingerprint density at radius 2 is 2.24 bits per heavy atom. The van der Waals surface area contributed by atoms with Gasteiger partial charge in [-0.1, -0.05) is 6.07 Å². The van der Waals surface area contributed by atoms with E-state index in [2.05, 4.69) is 4.74 Å². The van der Waals surface area contributed by atoms with Crippen molar-refractivity contribution in [3.05, 3.63) is 39.4 Å². The van der Waals surface area contributed by atoms with Gasteiger partial charge in [-0.15, -0.1) is 0 Å². The Labute approximate surface area is 98.0 Å². The van der Waals surface area contributed by atoms with E-state index in [1.54, 1.807) is 13.0 Å². The molecule has 1 aromatic rings. The quantitative estimate of drug-likeness (QED) is 0.480. The van der Waals surface area contributed by atoms with Crippen LogP contribution in [0.5, 0.6) is 0 Å². The van der Waals surface area contributed by atoms with E-state index in [4.69, 9.17) is 0 Å². The number of carbonyl (C=O) groups is 1. The fraction of sp³-hybridized carbons (Fsp3) is 0.364. The van der Waals surface area contributed by atoms with E-state index in [1.165, 1.54) is 19.2 Å². The number of aliphatic hydroxyl groups is 1. The topological polar surface area (TPSA) is 89.7 Å². The van der Waals surface area contributed by atoms with Gasteiger partial charge < -0.3 is 9.84 Å². The Hall–Kier alpha value is -1.95. The lowest BCUT2D eigenvalue weighted by Crippen LogP contribution is -2.24. The number of carbonyl (C=O) groups excluding carboxylic acids is 1. The van der Waals surface area contributed by atoms with Crippen LogP contribution in [0.1, 0.15) is 11.1 Å². The molecule has 0 heterocycles. The Morgan fingerprint density at radius 3 is 2.71 bits per heavy atom. The average molecular weight is 239 g/mol. The number of aliphatic hydroxyl groups excluding tert-OH is 1. The highest BCUT2D eigenvalue weighted by Gasteiger charge is 2.17. The number of aryl methyl sites for hydroxylation is 1. The van der Waals surface area contributed by atoms with E-state index in [9.17, 15) is 20.0 Å². The van der Waals surface area contributed by atoms with E-state index in [0.717, 1.165) is 0 Å². The molecule has 1 unspecified atom stereocenters. The lowest BCUT2D eigenvalue weighted by molar-refractivity contribution is -0.385. The van der Waals surface area contributed by atoms with Gasteiger partial charge in [-0.3, -0.25) is 10.1 Å². The number of rotatable bonds is 4. The molecule has 17 heavy (non-hydrogen) atoms. The number of benzene rings is 1. The van der Waals surface area contributed by atoms with Crippen molar-refractivity contribution in [3.63, 3.8) is 0 Å². The fourth-order valence-electron chi connectivity index (χ4n) is 1.49. The normalized spacial score (nSPS) is 11.9. The molecular weight excluding hydrogens is 226 g/mol. The monoisotopic (exact) mass is 239 g/mol. The zero-order valence-corrected chi connectivity index (χ0v) is 9.54. The molecule has 0 aliphatic carbocycles. The maximum atomic E-state index is 11.0. The molecule has 0 amide bonds. The Balaban J connectivity index is 2.84. The number of nitro groups is 1. The maximum absolute atomic E-state index is 11.0. The van der Waals surface area contributed by atoms with E-state index >= 15 is 0 Å². The van der Waals surface area contributed by atoms with Gasteiger partial charge in [-0.05, 0) is 18.6 Å².